The first-order chi connectivity index (χ1) is 9.56. The number of nitrogens with one attached hydrogen (secondary N) is 1. The van der Waals surface area contributed by atoms with Gasteiger partial charge >= 0.3 is 0 Å². The average Bonchev–Trinajstić information content (AvgIpc) is 2.41. The number of halogens is 1. The van der Waals surface area contributed by atoms with Crippen LogP contribution in [-0.4, -0.2) is 37.5 Å². The van der Waals surface area contributed by atoms with Crippen LogP contribution in [0.2, 0.25) is 0 Å². The molecule has 0 aliphatic carbocycles. The molecular formula is C15H22FN3O. The van der Waals surface area contributed by atoms with E-state index in [0.717, 1.165) is 19.5 Å². The van der Waals surface area contributed by atoms with Gasteiger partial charge in [0.05, 0.1) is 5.56 Å². The Morgan fingerprint density at radius 1 is 1.45 bits per heavy atom. The lowest BCUT2D eigenvalue weighted by Crippen LogP contribution is -2.32. The van der Waals surface area contributed by atoms with Gasteiger partial charge < -0.3 is 16.0 Å². The molecule has 0 saturated carbocycles. The predicted molar refractivity (Wildman–Crippen MR) is 78.0 cm³/mol. The van der Waals surface area contributed by atoms with Crippen LogP contribution in [0, 0.1) is 11.7 Å². The first-order valence-corrected chi connectivity index (χ1v) is 7.08. The van der Waals surface area contributed by atoms with Crippen molar-refractivity contribution in [3.63, 3.8) is 0 Å². The van der Waals surface area contributed by atoms with Crippen LogP contribution in [0.1, 0.15) is 29.6 Å². The summed E-state index contributed by atoms with van der Waals surface area (Å²) in [5, 5.41) is 2.86. The number of hydrogen-bond acceptors (Lipinski definition) is 3. The minimum absolute atomic E-state index is 0.182. The molecule has 0 aromatic heterocycles. The molecule has 1 heterocycles. The molecule has 4 nitrogen and oxygen atoms in total. The Labute approximate surface area is 119 Å². The smallest absolute Gasteiger partial charge is 0.253 e. The second kappa shape index (κ2) is 6.70. The van der Waals surface area contributed by atoms with E-state index in [9.17, 15) is 9.18 Å². The van der Waals surface area contributed by atoms with Gasteiger partial charge in [-0.15, -0.1) is 0 Å². The van der Waals surface area contributed by atoms with Crippen LogP contribution in [0.4, 0.5) is 10.1 Å². The van der Waals surface area contributed by atoms with E-state index >= 15 is 0 Å². The van der Waals surface area contributed by atoms with Gasteiger partial charge in [-0.25, -0.2) is 4.39 Å². The van der Waals surface area contributed by atoms with E-state index in [1.54, 1.807) is 0 Å². The van der Waals surface area contributed by atoms with E-state index in [4.69, 9.17) is 5.73 Å². The summed E-state index contributed by atoms with van der Waals surface area (Å²) in [7, 11) is 2.13. The molecule has 0 unspecified atom stereocenters. The van der Waals surface area contributed by atoms with Gasteiger partial charge in [-0.3, -0.25) is 4.79 Å². The van der Waals surface area contributed by atoms with Crippen LogP contribution in [0.15, 0.2) is 18.2 Å². The lowest BCUT2D eigenvalue weighted by molar-refractivity contribution is 0.0950. The van der Waals surface area contributed by atoms with Crippen LogP contribution in [0.25, 0.3) is 0 Å². The third kappa shape index (κ3) is 3.93. The summed E-state index contributed by atoms with van der Waals surface area (Å²) in [5.74, 6) is 0.0258. The third-order valence-corrected chi connectivity index (χ3v) is 3.93. The molecule has 1 saturated heterocycles. The average molecular weight is 279 g/mol. The number of likely N-dealkylation sites (tertiary alicyclic amines) is 1. The summed E-state index contributed by atoms with van der Waals surface area (Å²) in [5.41, 5.74) is 6.17. The second-order valence-corrected chi connectivity index (χ2v) is 5.52. The fourth-order valence-corrected chi connectivity index (χ4v) is 2.58. The maximum absolute atomic E-state index is 12.9. The van der Waals surface area contributed by atoms with Crippen molar-refractivity contribution >= 4 is 11.6 Å². The standard InChI is InChI=1S/C15H22FN3O/c1-19-8-5-11(6-9-19)4-7-18-15(20)13-3-2-12(16)10-14(13)17/h2-3,10-11H,4-9,17H2,1H3,(H,18,20). The molecule has 0 bridgehead atoms. The molecule has 0 atom stereocenters. The van der Waals surface area contributed by atoms with E-state index < -0.39 is 5.82 Å². The van der Waals surface area contributed by atoms with Crippen LogP contribution < -0.4 is 11.1 Å². The highest BCUT2D eigenvalue weighted by Gasteiger charge is 2.17. The third-order valence-electron chi connectivity index (χ3n) is 3.93. The van der Waals surface area contributed by atoms with E-state index in [1.807, 2.05) is 0 Å². The van der Waals surface area contributed by atoms with Gasteiger partial charge in [-0.2, -0.15) is 0 Å². The van der Waals surface area contributed by atoms with Crippen LogP contribution in [0.5, 0.6) is 0 Å². The first-order valence-electron chi connectivity index (χ1n) is 7.08. The zero-order valence-corrected chi connectivity index (χ0v) is 11.9. The largest absolute Gasteiger partial charge is 0.398 e. The number of rotatable bonds is 4. The van der Waals surface area contributed by atoms with Crippen molar-refractivity contribution < 1.29 is 9.18 Å². The first kappa shape index (κ1) is 14.8. The molecule has 0 spiro atoms. The molecule has 3 N–H and O–H groups in total. The number of amides is 1. The normalized spacial score (nSPS) is 17.1. The van der Waals surface area contributed by atoms with Crippen molar-refractivity contribution in [2.75, 3.05) is 32.4 Å². The molecule has 1 fully saturated rings. The number of piperidine rings is 1. The Morgan fingerprint density at radius 2 is 2.15 bits per heavy atom. The SMILES string of the molecule is CN1CCC(CCNC(=O)c2ccc(F)cc2N)CC1. The molecule has 0 radical (unpaired) electrons. The van der Waals surface area contributed by atoms with Gasteiger partial charge in [0.2, 0.25) is 0 Å². The van der Waals surface area contributed by atoms with E-state index in [-0.39, 0.29) is 11.6 Å². The zero-order chi connectivity index (χ0) is 14.5. The van der Waals surface area contributed by atoms with Crippen LogP contribution in [-0.2, 0) is 0 Å². The zero-order valence-electron chi connectivity index (χ0n) is 11.9. The second-order valence-electron chi connectivity index (χ2n) is 5.52. The lowest BCUT2D eigenvalue weighted by atomic mass is 9.94. The fraction of sp³-hybridized carbons (Fsp3) is 0.533. The maximum atomic E-state index is 12.9. The van der Waals surface area contributed by atoms with E-state index in [0.29, 0.717) is 18.0 Å². The number of hydrogen-bond donors (Lipinski definition) is 2. The molecule has 2 rings (SSSR count). The van der Waals surface area contributed by atoms with Crippen molar-refractivity contribution in [2.24, 2.45) is 5.92 Å². The molecule has 1 aromatic carbocycles. The topological polar surface area (TPSA) is 58.4 Å². The van der Waals surface area contributed by atoms with Gasteiger partial charge in [0.1, 0.15) is 5.82 Å². The van der Waals surface area contributed by atoms with Crippen molar-refractivity contribution in [1.82, 2.24) is 10.2 Å². The maximum Gasteiger partial charge on any atom is 0.253 e. The van der Waals surface area contributed by atoms with Crippen LogP contribution in [0.3, 0.4) is 0 Å². The molecule has 1 aromatic rings. The molecule has 5 heteroatoms. The predicted octanol–water partition coefficient (Wildman–Crippen LogP) is 1.87. The number of carbonyl (C=O) groups excluding carboxylic acids is 1. The van der Waals surface area contributed by atoms with Crippen LogP contribution >= 0.6 is 0 Å². The van der Waals surface area contributed by atoms with Gasteiger partial charge in [-0.05, 0) is 63.5 Å². The Balaban J connectivity index is 1.77. The molecular weight excluding hydrogens is 257 g/mol. The number of nitrogens with zero attached hydrogens (tertiary/aromatic N) is 1. The number of anilines is 1. The molecule has 20 heavy (non-hydrogen) atoms. The summed E-state index contributed by atoms with van der Waals surface area (Å²) in [6.07, 6.45) is 3.36. The van der Waals surface area contributed by atoms with Crippen molar-refractivity contribution in [3.05, 3.63) is 29.6 Å². The van der Waals surface area contributed by atoms with Crippen molar-refractivity contribution in [1.29, 1.82) is 0 Å². The van der Waals surface area contributed by atoms with E-state index in [1.165, 1.54) is 31.0 Å². The Kier molecular flexibility index (Phi) is 4.95. The minimum atomic E-state index is -0.426. The van der Waals surface area contributed by atoms with Gasteiger partial charge in [-0.1, -0.05) is 0 Å². The monoisotopic (exact) mass is 279 g/mol. The minimum Gasteiger partial charge on any atom is -0.398 e. The summed E-state index contributed by atoms with van der Waals surface area (Å²) < 4.78 is 12.9. The summed E-state index contributed by atoms with van der Waals surface area (Å²) in [6, 6.07) is 3.85. The van der Waals surface area contributed by atoms with Gasteiger partial charge in [0.15, 0.2) is 0 Å². The number of carbonyl (C=O) groups is 1. The summed E-state index contributed by atoms with van der Waals surface area (Å²) >= 11 is 0. The quantitative estimate of drug-likeness (QED) is 0.827. The Bertz CT molecular complexity index is 470. The van der Waals surface area contributed by atoms with Gasteiger partial charge in [0, 0.05) is 12.2 Å². The van der Waals surface area contributed by atoms with E-state index in [2.05, 4.69) is 17.3 Å². The summed E-state index contributed by atoms with van der Waals surface area (Å²) in [6.45, 7) is 2.90. The Hall–Kier alpha value is -1.62. The number of nitrogens with two attached hydrogens (primary N) is 1. The number of benzene rings is 1. The highest BCUT2D eigenvalue weighted by Crippen LogP contribution is 2.19. The summed E-state index contributed by atoms with van der Waals surface area (Å²) in [4.78, 5) is 14.3. The van der Waals surface area contributed by atoms with Crippen molar-refractivity contribution in [2.45, 2.75) is 19.3 Å². The molecule has 1 aliphatic rings. The fourth-order valence-electron chi connectivity index (χ4n) is 2.58. The van der Waals surface area contributed by atoms with Gasteiger partial charge in [0.25, 0.3) is 5.91 Å². The van der Waals surface area contributed by atoms with Crippen molar-refractivity contribution in [3.8, 4) is 0 Å². The highest BCUT2D eigenvalue weighted by atomic mass is 19.1. The Morgan fingerprint density at radius 3 is 2.80 bits per heavy atom. The number of nitrogen functional groups attached to an aromatic ring is 1. The molecule has 1 amide bonds. The lowest BCUT2D eigenvalue weighted by Gasteiger charge is -2.28. The highest BCUT2D eigenvalue weighted by molar-refractivity contribution is 5.99. The molecule has 1 aliphatic heterocycles. The molecule has 110 valence electrons.